The average Bonchev–Trinajstić information content (AvgIpc) is 2.29. The Morgan fingerprint density at radius 3 is 2.94 bits per heavy atom. The number of nitrogens with zero attached hydrogens (tertiary/aromatic N) is 1. The van der Waals surface area contributed by atoms with Crippen molar-refractivity contribution in [1.29, 1.82) is 0 Å². The molecule has 0 fully saturated rings. The third-order valence-corrected chi connectivity index (χ3v) is 1.98. The molecule has 0 unspecified atom stereocenters. The number of ether oxygens (including phenoxy) is 2. The molecule has 0 radical (unpaired) electrons. The van der Waals surface area contributed by atoms with Crippen molar-refractivity contribution in [2.24, 2.45) is 10.8 Å². The van der Waals surface area contributed by atoms with Crippen molar-refractivity contribution in [3.8, 4) is 11.5 Å². The number of nitrogens with two attached hydrogens (primary N) is 1. The zero-order valence-electron chi connectivity index (χ0n) is 9.77. The zero-order chi connectivity index (χ0) is 12.7. The van der Waals surface area contributed by atoms with Gasteiger partial charge in [0.1, 0.15) is 11.5 Å². The fourth-order valence-electron chi connectivity index (χ4n) is 1.24. The summed E-state index contributed by atoms with van der Waals surface area (Å²) in [5.41, 5.74) is 8.51. The Balaban J connectivity index is 2.89. The number of thiocarbonyl (C=S) groups is 1. The molecule has 92 valence electrons. The van der Waals surface area contributed by atoms with Gasteiger partial charge in [-0.3, -0.25) is 5.43 Å². The predicted octanol–water partition coefficient (Wildman–Crippen LogP) is 1.26. The van der Waals surface area contributed by atoms with Crippen molar-refractivity contribution in [2.45, 2.75) is 6.92 Å². The molecular formula is C11H15N3O2S. The number of hydrogen-bond acceptors (Lipinski definition) is 4. The van der Waals surface area contributed by atoms with Gasteiger partial charge in [-0.05, 0) is 37.3 Å². The van der Waals surface area contributed by atoms with E-state index >= 15 is 0 Å². The van der Waals surface area contributed by atoms with Crippen LogP contribution < -0.4 is 20.6 Å². The van der Waals surface area contributed by atoms with E-state index in [0.29, 0.717) is 12.4 Å². The largest absolute Gasteiger partial charge is 0.496 e. The molecule has 5 nitrogen and oxygen atoms in total. The summed E-state index contributed by atoms with van der Waals surface area (Å²) in [6, 6.07) is 5.47. The molecule has 0 aliphatic carbocycles. The van der Waals surface area contributed by atoms with Crippen LogP contribution in [0, 0.1) is 0 Å². The lowest BCUT2D eigenvalue weighted by Gasteiger charge is -2.08. The third-order valence-electron chi connectivity index (χ3n) is 1.89. The molecule has 0 aliphatic rings. The van der Waals surface area contributed by atoms with E-state index in [1.165, 1.54) is 0 Å². The van der Waals surface area contributed by atoms with E-state index in [1.807, 2.05) is 25.1 Å². The lowest BCUT2D eigenvalue weighted by atomic mass is 10.2. The summed E-state index contributed by atoms with van der Waals surface area (Å²) >= 11 is 4.64. The van der Waals surface area contributed by atoms with Gasteiger partial charge < -0.3 is 15.2 Å². The van der Waals surface area contributed by atoms with E-state index in [0.717, 1.165) is 11.3 Å². The highest BCUT2D eigenvalue weighted by molar-refractivity contribution is 7.80. The predicted molar refractivity (Wildman–Crippen MR) is 71.7 cm³/mol. The normalized spacial score (nSPS) is 10.2. The smallest absolute Gasteiger partial charge is 0.184 e. The summed E-state index contributed by atoms with van der Waals surface area (Å²) in [4.78, 5) is 0. The first-order chi connectivity index (χ1) is 8.17. The van der Waals surface area contributed by atoms with Crippen LogP contribution in [0.3, 0.4) is 0 Å². The maximum atomic E-state index is 5.39. The highest BCUT2D eigenvalue weighted by Crippen LogP contribution is 2.22. The lowest BCUT2D eigenvalue weighted by Crippen LogP contribution is -2.24. The van der Waals surface area contributed by atoms with Gasteiger partial charge in [0, 0.05) is 5.56 Å². The molecule has 6 heteroatoms. The highest BCUT2D eigenvalue weighted by Gasteiger charge is 2.02. The molecule has 0 bridgehead atoms. The van der Waals surface area contributed by atoms with E-state index < -0.39 is 0 Å². The quantitative estimate of drug-likeness (QED) is 0.470. The van der Waals surface area contributed by atoms with Gasteiger partial charge in [0.15, 0.2) is 5.11 Å². The number of benzene rings is 1. The summed E-state index contributed by atoms with van der Waals surface area (Å²) < 4.78 is 10.6. The highest BCUT2D eigenvalue weighted by atomic mass is 32.1. The minimum absolute atomic E-state index is 0.112. The van der Waals surface area contributed by atoms with E-state index in [1.54, 1.807) is 13.3 Å². The Bertz CT molecular complexity index is 421. The molecule has 0 saturated carbocycles. The van der Waals surface area contributed by atoms with Gasteiger partial charge >= 0.3 is 0 Å². The Hall–Kier alpha value is -1.82. The lowest BCUT2D eigenvalue weighted by molar-refractivity contribution is 0.339. The zero-order valence-corrected chi connectivity index (χ0v) is 10.6. The summed E-state index contributed by atoms with van der Waals surface area (Å²) in [5, 5.41) is 3.99. The number of nitrogens with one attached hydrogen (secondary N) is 1. The van der Waals surface area contributed by atoms with Crippen LogP contribution in [-0.2, 0) is 0 Å². The molecule has 0 atom stereocenters. The van der Waals surface area contributed by atoms with Gasteiger partial charge in [-0.2, -0.15) is 5.10 Å². The second kappa shape index (κ2) is 6.70. The summed E-state index contributed by atoms with van der Waals surface area (Å²) in [5.74, 6) is 1.45. The van der Waals surface area contributed by atoms with Crippen molar-refractivity contribution in [1.82, 2.24) is 5.43 Å². The molecule has 1 aromatic rings. The molecule has 3 N–H and O–H groups in total. The first kappa shape index (κ1) is 13.2. The molecule has 0 aliphatic heterocycles. The fraction of sp³-hybridized carbons (Fsp3) is 0.273. The molecule has 1 rings (SSSR count). The number of rotatable bonds is 5. The monoisotopic (exact) mass is 253 g/mol. The van der Waals surface area contributed by atoms with E-state index in [2.05, 4.69) is 22.7 Å². The van der Waals surface area contributed by atoms with E-state index in [4.69, 9.17) is 15.2 Å². The maximum Gasteiger partial charge on any atom is 0.184 e. The van der Waals surface area contributed by atoms with Crippen molar-refractivity contribution < 1.29 is 9.47 Å². The second-order valence-corrected chi connectivity index (χ2v) is 3.51. The molecule has 0 saturated heterocycles. The van der Waals surface area contributed by atoms with Crippen LogP contribution in [-0.4, -0.2) is 25.0 Å². The minimum Gasteiger partial charge on any atom is -0.496 e. The Kier molecular flexibility index (Phi) is 5.22. The van der Waals surface area contributed by atoms with Crippen molar-refractivity contribution in [3.05, 3.63) is 23.8 Å². The molecule has 0 spiro atoms. The molecule has 0 amide bonds. The van der Waals surface area contributed by atoms with E-state index in [-0.39, 0.29) is 5.11 Å². The first-order valence-electron chi connectivity index (χ1n) is 5.06. The van der Waals surface area contributed by atoms with Crippen LogP contribution in [0.2, 0.25) is 0 Å². The summed E-state index contributed by atoms with van der Waals surface area (Å²) in [6.45, 7) is 2.53. The number of hydrazone groups is 1. The summed E-state index contributed by atoms with van der Waals surface area (Å²) in [7, 11) is 1.59. The number of methoxy groups -OCH3 is 1. The Morgan fingerprint density at radius 2 is 2.35 bits per heavy atom. The van der Waals surface area contributed by atoms with Crippen LogP contribution in [0.15, 0.2) is 23.3 Å². The fourth-order valence-corrected chi connectivity index (χ4v) is 1.29. The average molecular weight is 253 g/mol. The van der Waals surface area contributed by atoms with Crippen LogP contribution in [0.5, 0.6) is 11.5 Å². The maximum absolute atomic E-state index is 5.39. The molecule has 0 heterocycles. The van der Waals surface area contributed by atoms with Crippen molar-refractivity contribution in [3.63, 3.8) is 0 Å². The Morgan fingerprint density at radius 1 is 1.59 bits per heavy atom. The standard InChI is InChI=1S/C11H15N3O2S/c1-3-16-9-4-5-10(15-2)8(6-9)7-13-14-11(12)17/h4-7H,3H2,1-2H3,(H3,12,14,17)/b13-7-. The summed E-state index contributed by atoms with van der Waals surface area (Å²) in [6.07, 6.45) is 1.57. The van der Waals surface area contributed by atoms with Gasteiger partial charge in [0.25, 0.3) is 0 Å². The van der Waals surface area contributed by atoms with Gasteiger partial charge in [-0.25, -0.2) is 0 Å². The number of hydrogen-bond donors (Lipinski definition) is 2. The van der Waals surface area contributed by atoms with Crippen molar-refractivity contribution in [2.75, 3.05) is 13.7 Å². The van der Waals surface area contributed by atoms with E-state index in [9.17, 15) is 0 Å². The second-order valence-electron chi connectivity index (χ2n) is 3.07. The van der Waals surface area contributed by atoms with Crippen LogP contribution in [0.25, 0.3) is 0 Å². The molecule has 0 aromatic heterocycles. The third kappa shape index (κ3) is 4.28. The van der Waals surface area contributed by atoms with Crippen LogP contribution in [0.4, 0.5) is 0 Å². The Labute approximate surface area is 106 Å². The van der Waals surface area contributed by atoms with Crippen LogP contribution in [0.1, 0.15) is 12.5 Å². The SMILES string of the molecule is CCOc1ccc(OC)c(/C=N\NC(N)=S)c1. The first-order valence-corrected chi connectivity index (χ1v) is 5.47. The van der Waals surface area contributed by atoms with Gasteiger partial charge in [0.2, 0.25) is 0 Å². The molecular weight excluding hydrogens is 238 g/mol. The van der Waals surface area contributed by atoms with Gasteiger partial charge in [-0.15, -0.1) is 0 Å². The molecule has 17 heavy (non-hydrogen) atoms. The van der Waals surface area contributed by atoms with Gasteiger partial charge in [0.05, 0.1) is 19.9 Å². The molecule has 1 aromatic carbocycles. The minimum atomic E-state index is 0.112. The van der Waals surface area contributed by atoms with Crippen molar-refractivity contribution >= 4 is 23.5 Å². The topological polar surface area (TPSA) is 68.9 Å². The van der Waals surface area contributed by atoms with Gasteiger partial charge in [-0.1, -0.05) is 0 Å². The van der Waals surface area contributed by atoms with Crippen LogP contribution >= 0.6 is 12.2 Å².